The zero-order chi connectivity index (χ0) is 28.7. The first-order valence-corrected chi connectivity index (χ1v) is 15.7. The van der Waals surface area contributed by atoms with Gasteiger partial charge in [0.15, 0.2) is 0 Å². The van der Waals surface area contributed by atoms with Crippen molar-refractivity contribution in [3.05, 3.63) is 162 Å². The highest BCUT2D eigenvalue weighted by Gasteiger charge is 2.43. The van der Waals surface area contributed by atoms with Crippen molar-refractivity contribution in [2.24, 2.45) is 0 Å². The second-order valence-corrected chi connectivity index (χ2v) is 13.1. The number of hydrogen-bond acceptors (Lipinski definition) is 3. The average molecular weight is 565 g/mol. The highest BCUT2D eigenvalue weighted by molar-refractivity contribution is 7.68. The largest absolute Gasteiger partial charge is 0.508 e. The van der Waals surface area contributed by atoms with Crippen LogP contribution in [-0.4, -0.2) is 5.11 Å². The van der Waals surface area contributed by atoms with E-state index < -0.39 is 13.0 Å². The van der Waals surface area contributed by atoms with Crippen molar-refractivity contribution in [1.82, 2.24) is 0 Å². The number of aromatic hydroxyl groups is 1. The Morgan fingerprint density at radius 3 is 1.55 bits per heavy atom. The van der Waals surface area contributed by atoms with E-state index in [0.29, 0.717) is 11.1 Å². The molecule has 2 atom stereocenters. The number of benzene rings is 6. The molecule has 1 N–H and O–H groups in total. The molecule has 0 spiro atoms. The third-order valence-electron chi connectivity index (χ3n) is 8.03. The lowest BCUT2D eigenvalue weighted by atomic mass is 9.89. The van der Waals surface area contributed by atoms with Crippen LogP contribution in [0.5, 0.6) is 11.5 Å². The zero-order valence-corrected chi connectivity index (χ0v) is 24.0. The van der Waals surface area contributed by atoms with Crippen LogP contribution in [-0.2, 0) is 4.57 Å². The van der Waals surface area contributed by atoms with E-state index >= 15 is 4.57 Å². The van der Waals surface area contributed by atoms with Crippen molar-refractivity contribution in [1.29, 1.82) is 0 Å². The summed E-state index contributed by atoms with van der Waals surface area (Å²) in [6.45, 7) is 2.04. The number of aryl methyl sites for hydroxylation is 1. The number of phenolic OH excluding ortho intramolecular Hbond substituents is 1. The van der Waals surface area contributed by atoms with Crippen LogP contribution in [0.4, 0.5) is 0 Å². The van der Waals surface area contributed by atoms with Crippen LogP contribution in [0.2, 0.25) is 0 Å². The summed E-state index contributed by atoms with van der Waals surface area (Å²) in [5.74, 6) is 0.723. The highest BCUT2D eigenvalue weighted by Crippen LogP contribution is 2.64. The lowest BCUT2D eigenvalue weighted by Crippen LogP contribution is -2.20. The predicted molar refractivity (Wildman–Crippen MR) is 172 cm³/mol. The van der Waals surface area contributed by atoms with E-state index in [4.69, 9.17) is 4.52 Å². The van der Waals surface area contributed by atoms with Gasteiger partial charge >= 0.3 is 0 Å². The first kappa shape index (κ1) is 26.1. The van der Waals surface area contributed by atoms with Crippen LogP contribution in [0.25, 0.3) is 33.4 Å². The Balaban J connectivity index is 1.61. The Morgan fingerprint density at radius 1 is 0.524 bits per heavy atom. The minimum atomic E-state index is -3.79. The van der Waals surface area contributed by atoms with Crippen LogP contribution in [0.1, 0.15) is 22.3 Å². The molecule has 6 aromatic rings. The van der Waals surface area contributed by atoms with Gasteiger partial charge in [0.1, 0.15) is 17.2 Å². The van der Waals surface area contributed by atoms with Gasteiger partial charge in [-0.15, -0.1) is 0 Å². The second-order valence-electron chi connectivity index (χ2n) is 10.7. The average Bonchev–Trinajstić information content (AvgIpc) is 3.03. The molecule has 0 amide bonds. The van der Waals surface area contributed by atoms with Gasteiger partial charge in [0, 0.05) is 5.56 Å². The van der Waals surface area contributed by atoms with E-state index in [0.717, 1.165) is 50.1 Å². The fraction of sp³-hybridized carbons (Fsp3) is 0.0526. The van der Waals surface area contributed by atoms with Crippen molar-refractivity contribution in [3.63, 3.8) is 0 Å². The molecule has 0 bridgehead atoms. The summed E-state index contributed by atoms with van der Waals surface area (Å²) in [4.78, 5) is 0. The SMILES string of the molecule is Cc1ccc(C(c2ccc(O)cc2)P2(=O)Oc3ccccc3-c3ccccc3-c3ccccc3-c3ccccc32)cc1. The molecule has 7 rings (SSSR count). The van der Waals surface area contributed by atoms with Gasteiger partial charge in [-0.25, -0.2) is 0 Å². The molecule has 204 valence electrons. The van der Waals surface area contributed by atoms with E-state index in [2.05, 4.69) is 36.4 Å². The molecule has 1 aliphatic rings. The molecule has 2 unspecified atom stereocenters. The monoisotopic (exact) mass is 564 g/mol. The fourth-order valence-electron chi connectivity index (χ4n) is 6.03. The molecule has 1 aliphatic heterocycles. The molecule has 6 aromatic carbocycles. The Morgan fingerprint density at radius 2 is 0.952 bits per heavy atom. The van der Waals surface area contributed by atoms with Crippen LogP contribution < -0.4 is 9.83 Å². The van der Waals surface area contributed by atoms with Crippen LogP contribution in [0.3, 0.4) is 0 Å². The molecule has 4 heteroatoms. The van der Waals surface area contributed by atoms with E-state index in [1.807, 2.05) is 104 Å². The third-order valence-corrected chi connectivity index (χ3v) is 10.8. The summed E-state index contributed by atoms with van der Waals surface area (Å²) in [6.07, 6.45) is 0. The molecule has 0 radical (unpaired) electrons. The molecule has 0 fully saturated rings. The first-order valence-electron chi connectivity index (χ1n) is 14.1. The minimum absolute atomic E-state index is 0.155. The smallest absolute Gasteiger partial charge is 0.289 e. The zero-order valence-electron chi connectivity index (χ0n) is 23.1. The molecule has 0 aromatic heterocycles. The van der Waals surface area contributed by atoms with Crippen molar-refractivity contribution in [3.8, 4) is 44.9 Å². The molecule has 42 heavy (non-hydrogen) atoms. The van der Waals surface area contributed by atoms with Gasteiger partial charge in [0.25, 0.3) is 7.37 Å². The van der Waals surface area contributed by atoms with Gasteiger partial charge < -0.3 is 9.63 Å². The summed E-state index contributed by atoms with van der Waals surface area (Å²) >= 11 is 0. The molecule has 1 heterocycles. The predicted octanol–water partition coefficient (Wildman–Crippen LogP) is 9.79. The van der Waals surface area contributed by atoms with Crippen LogP contribution in [0.15, 0.2) is 146 Å². The maximum Gasteiger partial charge on any atom is 0.289 e. The highest BCUT2D eigenvalue weighted by atomic mass is 31.2. The molecular formula is C38H29O3P. The van der Waals surface area contributed by atoms with Gasteiger partial charge in [0.2, 0.25) is 0 Å². The van der Waals surface area contributed by atoms with Crippen LogP contribution >= 0.6 is 7.37 Å². The quantitative estimate of drug-likeness (QED) is 0.218. The number of para-hydroxylation sites is 1. The molecule has 3 nitrogen and oxygen atoms in total. The molecule has 0 saturated heterocycles. The third kappa shape index (κ3) is 4.43. The summed E-state index contributed by atoms with van der Waals surface area (Å²) in [5, 5.41) is 10.8. The fourth-order valence-corrected chi connectivity index (χ4v) is 8.91. The standard InChI is InChI=1S/C38H29O3P/c1-26-18-20-27(21-19-26)38(28-22-24-29(39)25-23-28)42(40)37-17-9-7-15-35(37)33-13-5-3-11-31(33)30-10-2-4-12-32(30)34-14-6-8-16-36(34)41-42/h2-25,38-39H,1H3. The number of rotatable bonds is 3. The Bertz CT molecular complexity index is 1910. The first-order chi connectivity index (χ1) is 20.5. The van der Waals surface area contributed by atoms with E-state index in [9.17, 15) is 5.11 Å². The van der Waals surface area contributed by atoms with Crippen LogP contribution in [0, 0.1) is 6.92 Å². The van der Waals surface area contributed by atoms with E-state index in [1.54, 1.807) is 12.1 Å². The molecule has 0 aliphatic carbocycles. The van der Waals surface area contributed by atoms with Gasteiger partial charge in [-0.2, -0.15) is 0 Å². The second kappa shape index (κ2) is 10.5. The van der Waals surface area contributed by atoms with Gasteiger partial charge in [0.05, 0.1) is 5.30 Å². The van der Waals surface area contributed by atoms with Crippen molar-refractivity contribution in [2.75, 3.05) is 0 Å². The number of fused-ring (bicyclic) bond motifs is 7. The number of phenols is 1. The van der Waals surface area contributed by atoms with E-state index in [-0.39, 0.29) is 5.75 Å². The van der Waals surface area contributed by atoms with Crippen molar-refractivity contribution < 1.29 is 14.2 Å². The maximum atomic E-state index is 16.2. The van der Waals surface area contributed by atoms with Gasteiger partial charge in [-0.05, 0) is 70.1 Å². The Hall–Kier alpha value is -4.85. The maximum absolute atomic E-state index is 16.2. The topological polar surface area (TPSA) is 46.5 Å². The minimum Gasteiger partial charge on any atom is -0.508 e. The summed E-state index contributed by atoms with van der Waals surface area (Å²) in [7, 11) is -3.79. The summed E-state index contributed by atoms with van der Waals surface area (Å²) in [5.41, 5.74) is 8.10. The molecule has 0 saturated carbocycles. The van der Waals surface area contributed by atoms with Gasteiger partial charge in [-0.1, -0.05) is 127 Å². The number of hydrogen-bond donors (Lipinski definition) is 1. The van der Waals surface area contributed by atoms with E-state index in [1.165, 1.54) is 0 Å². The summed E-state index contributed by atoms with van der Waals surface area (Å²) < 4.78 is 23.1. The normalized spacial score (nSPS) is 16.1. The molecular weight excluding hydrogens is 535 g/mol. The lowest BCUT2D eigenvalue weighted by Gasteiger charge is -2.32. The van der Waals surface area contributed by atoms with Crippen molar-refractivity contribution >= 4 is 12.7 Å². The lowest BCUT2D eigenvalue weighted by molar-refractivity contribution is 0.474. The Labute approximate surface area is 246 Å². The van der Waals surface area contributed by atoms with Gasteiger partial charge in [-0.3, -0.25) is 4.57 Å². The van der Waals surface area contributed by atoms with Crippen molar-refractivity contribution in [2.45, 2.75) is 12.6 Å². The Kier molecular flexibility index (Phi) is 6.53. The summed E-state index contributed by atoms with van der Waals surface area (Å²) in [6, 6.07) is 47.6.